The summed E-state index contributed by atoms with van der Waals surface area (Å²) in [5, 5.41) is 3.69. The zero-order chi connectivity index (χ0) is 10.7. The van der Waals surface area contributed by atoms with Gasteiger partial charge in [0.2, 0.25) is 0 Å². The molecule has 0 amide bonds. The first-order valence-electron chi connectivity index (χ1n) is 6.78. The molecule has 1 saturated carbocycles. The van der Waals surface area contributed by atoms with Crippen molar-refractivity contribution in [2.75, 3.05) is 0 Å². The fraction of sp³-hybridized carbons (Fsp3) is 0.923. The quantitative estimate of drug-likeness (QED) is 0.626. The van der Waals surface area contributed by atoms with Gasteiger partial charge in [0.25, 0.3) is 0 Å². The lowest BCUT2D eigenvalue weighted by Gasteiger charge is -2.44. The number of piperidine rings is 1. The van der Waals surface area contributed by atoms with Crippen molar-refractivity contribution < 1.29 is 4.74 Å². The lowest BCUT2D eigenvalue weighted by Crippen LogP contribution is -2.55. The first-order chi connectivity index (χ1) is 7.83. The van der Waals surface area contributed by atoms with Gasteiger partial charge in [0.15, 0.2) is 0 Å². The number of aliphatic imine (C=N–C) groups is 1. The highest BCUT2D eigenvalue weighted by Gasteiger charge is 2.55. The molecule has 88 valence electrons. The van der Waals surface area contributed by atoms with Gasteiger partial charge in [-0.1, -0.05) is 0 Å². The molecule has 3 nitrogen and oxygen atoms in total. The predicted molar refractivity (Wildman–Crippen MR) is 62.8 cm³/mol. The van der Waals surface area contributed by atoms with Gasteiger partial charge in [-0.3, -0.25) is 4.99 Å². The van der Waals surface area contributed by atoms with Crippen molar-refractivity contribution in [3.8, 4) is 0 Å². The summed E-state index contributed by atoms with van der Waals surface area (Å²) in [7, 11) is 0. The lowest BCUT2D eigenvalue weighted by molar-refractivity contribution is 0.147. The number of hydrogen-bond acceptors (Lipinski definition) is 3. The molecule has 4 aliphatic rings. The van der Waals surface area contributed by atoms with Crippen LogP contribution in [0.5, 0.6) is 0 Å². The molecule has 2 saturated heterocycles. The van der Waals surface area contributed by atoms with E-state index in [4.69, 9.17) is 9.73 Å². The van der Waals surface area contributed by atoms with Crippen LogP contribution in [0.4, 0.5) is 0 Å². The topological polar surface area (TPSA) is 36.9 Å². The third-order valence-electron chi connectivity index (χ3n) is 5.02. The molecule has 7 atom stereocenters. The third kappa shape index (κ3) is 1.31. The van der Waals surface area contributed by atoms with E-state index in [1.165, 1.54) is 25.7 Å². The van der Waals surface area contributed by atoms with Gasteiger partial charge in [-0.15, -0.1) is 0 Å². The summed E-state index contributed by atoms with van der Waals surface area (Å²) in [4.78, 5) is 4.78. The second kappa shape index (κ2) is 3.30. The van der Waals surface area contributed by atoms with E-state index in [9.17, 15) is 0 Å². The van der Waals surface area contributed by atoms with Crippen LogP contribution in [-0.4, -0.2) is 36.5 Å². The molecule has 3 aliphatic heterocycles. The van der Waals surface area contributed by atoms with Crippen molar-refractivity contribution in [2.24, 2.45) is 16.8 Å². The van der Waals surface area contributed by atoms with E-state index in [-0.39, 0.29) is 0 Å². The van der Waals surface area contributed by atoms with Gasteiger partial charge < -0.3 is 10.1 Å². The molecule has 0 aromatic carbocycles. The van der Waals surface area contributed by atoms with Crippen LogP contribution in [0, 0.1) is 11.8 Å². The number of nitrogens with one attached hydrogen (secondary N) is 1. The van der Waals surface area contributed by atoms with Gasteiger partial charge in [0.05, 0.1) is 12.1 Å². The second-order valence-corrected chi connectivity index (χ2v) is 6.00. The van der Waals surface area contributed by atoms with Crippen LogP contribution in [0.25, 0.3) is 0 Å². The number of epoxide rings is 1. The van der Waals surface area contributed by atoms with Crippen LogP contribution in [-0.2, 0) is 4.74 Å². The van der Waals surface area contributed by atoms with Crippen molar-refractivity contribution in [2.45, 2.75) is 62.9 Å². The Morgan fingerprint density at radius 2 is 2.06 bits per heavy atom. The highest BCUT2D eigenvalue weighted by atomic mass is 16.6. The third-order valence-corrected chi connectivity index (χ3v) is 5.02. The maximum absolute atomic E-state index is 5.71. The number of nitrogens with zero attached hydrogens (tertiary/aromatic N) is 1. The normalized spacial score (nSPS) is 58.4. The first kappa shape index (κ1) is 9.60. The zero-order valence-corrected chi connectivity index (χ0v) is 9.80. The maximum atomic E-state index is 5.71. The molecule has 7 unspecified atom stereocenters. The summed E-state index contributed by atoms with van der Waals surface area (Å²) < 4.78 is 5.71. The lowest BCUT2D eigenvalue weighted by atomic mass is 9.69. The van der Waals surface area contributed by atoms with E-state index >= 15 is 0 Å². The van der Waals surface area contributed by atoms with Gasteiger partial charge in [0.1, 0.15) is 6.10 Å². The van der Waals surface area contributed by atoms with Gasteiger partial charge >= 0.3 is 0 Å². The molecule has 0 bridgehead atoms. The van der Waals surface area contributed by atoms with E-state index in [0.29, 0.717) is 30.3 Å². The number of ether oxygens (including phenoxy) is 1. The van der Waals surface area contributed by atoms with Crippen molar-refractivity contribution in [3.05, 3.63) is 0 Å². The summed E-state index contributed by atoms with van der Waals surface area (Å²) in [5.74, 6) is 1.61. The molecular weight excluding hydrogens is 200 g/mol. The molecule has 3 fully saturated rings. The van der Waals surface area contributed by atoms with Crippen LogP contribution in [0.3, 0.4) is 0 Å². The van der Waals surface area contributed by atoms with Gasteiger partial charge in [-0.2, -0.15) is 0 Å². The number of fused-ring (bicyclic) bond motifs is 5. The monoisotopic (exact) mass is 220 g/mol. The minimum absolute atomic E-state index is 0.482. The van der Waals surface area contributed by atoms with Gasteiger partial charge in [0, 0.05) is 18.3 Å². The summed E-state index contributed by atoms with van der Waals surface area (Å²) in [5.41, 5.74) is 0. The summed E-state index contributed by atoms with van der Waals surface area (Å²) >= 11 is 0. The molecule has 3 heteroatoms. The van der Waals surface area contributed by atoms with E-state index in [0.717, 1.165) is 11.8 Å². The molecular formula is C13H20N2O. The molecule has 3 heterocycles. The Balaban J connectivity index is 1.61. The van der Waals surface area contributed by atoms with E-state index in [1.54, 1.807) is 0 Å². The van der Waals surface area contributed by atoms with Crippen molar-refractivity contribution in [1.82, 2.24) is 5.32 Å². The number of hydrogen-bond donors (Lipinski definition) is 1. The number of rotatable bonds is 0. The second-order valence-electron chi connectivity index (χ2n) is 6.00. The maximum Gasteiger partial charge on any atom is 0.107 e. The van der Waals surface area contributed by atoms with E-state index in [1.807, 2.05) is 0 Å². The smallest absolute Gasteiger partial charge is 0.107 e. The van der Waals surface area contributed by atoms with E-state index < -0.39 is 0 Å². The first-order valence-corrected chi connectivity index (χ1v) is 6.78. The van der Waals surface area contributed by atoms with Gasteiger partial charge in [-0.25, -0.2) is 0 Å². The highest BCUT2D eigenvalue weighted by molar-refractivity contribution is 5.67. The van der Waals surface area contributed by atoms with Crippen LogP contribution in [0.1, 0.15) is 32.6 Å². The minimum atomic E-state index is 0.482. The summed E-state index contributed by atoms with van der Waals surface area (Å²) in [6.07, 6.45) is 8.54. The Morgan fingerprint density at radius 1 is 1.19 bits per heavy atom. The Bertz CT molecular complexity index is 330. The summed E-state index contributed by atoms with van der Waals surface area (Å²) in [6.45, 7) is 2.29. The van der Waals surface area contributed by atoms with Crippen LogP contribution in [0.2, 0.25) is 0 Å². The largest absolute Gasteiger partial charge is 0.367 e. The fourth-order valence-corrected chi connectivity index (χ4v) is 4.11. The average Bonchev–Trinajstić information content (AvgIpc) is 3.07. The SMILES string of the molecule is CC1CCC2C(C=NC3C2CCC2OC23)N1. The van der Waals surface area contributed by atoms with Crippen LogP contribution in [0.15, 0.2) is 4.99 Å². The van der Waals surface area contributed by atoms with Crippen LogP contribution >= 0.6 is 0 Å². The Hall–Kier alpha value is -0.410. The molecule has 0 spiro atoms. The van der Waals surface area contributed by atoms with E-state index in [2.05, 4.69) is 18.5 Å². The van der Waals surface area contributed by atoms with Crippen molar-refractivity contribution in [1.29, 1.82) is 0 Å². The van der Waals surface area contributed by atoms with Gasteiger partial charge in [-0.05, 0) is 44.4 Å². The molecule has 16 heavy (non-hydrogen) atoms. The Kier molecular flexibility index (Phi) is 1.98. The summed E-state index contributed by atoms with van der Waals surface area (Å²) in [6, 6.07) is 1.70. The molecule has 4 rings (SSSR count). The molecule has 0 radical (unpaired) electrons. The average molecular weight is 220 g/mol. The Morgan fingerprint density at radius 3 is 3.00 bits per heavy atom. The predicted octanol–water partition coefficient (Wildman–Crippen LogP) is 1.37. The van der Waals surface area contributed by atoms with Crippen molar-refractivity contribution in [3.63, 3.8) is 0 Å². The molecule has 0 aromatic rings. The molecule has 0 aromatic heterocycles. The Labute approximate surface area is 96.7 Å². The van der Waals surface area contributed by atoms with Crippen LogP contribution < -0.4 is 5.32 Å². The highest BCUT2D eigenvalue weighted by Crippen LogP contribution is 2.47. The zero-order valence-electron chi connectivity index (χ0n) is 9.80. The molecule has 1 N–H and O–H groups in total. The minimum Gasteiger partial charge on any atom is -0.367 e. The standard InChI is InChI=1S/C13H20N2O/c1-7-2-3-8-9-4-5-11-13(16-11)12(9)14-6-10(8)15-7/h6-13,15H,2-5H2,1H3. The van der Waals surface area contributed by atoms with Crippen molar-refractivity contribution >= 4 is 6.21 Å². The molecule has 1 aliphatic carbocycles. The fourth-order valence-electron chi connectivity index (χ4n) is 4.11.